The largest absolute Gasteiger partial charge is 0.455 e. The number of furan rings is 1. The molecule has 9 rings (SSSR count). The summed E-state index contributed by atoms with van der Waals surface area (Å²) in [5.74, 6) is 0.656. The highest BCUT2D eigenvalue weighted by Gasteiger charge is 2.24. The van der Waals surface area contributed by atoms with Gasteiger partial charge in [0.2, 0.25) is 0 Å². The molecule has 0 bridgehead atoms. The lowest BCUT2D eigenvalue weighted by molar-refractivity contribution is 0.673. The van der Waals surface area contributed by atoms with Crippen molar-refractivity contribution < 1.29 is 4.42 Å². The minimum Gasteiger partial charge on any atom is -0.455 e. The molecule has 3 heterocycles. The van der Waals surface area contributed by atoms with Crippen LogP contribution in [-0.4, -0.2) is 14.5 Å². The average Bonchev–Trinajstić information content (AvgIpc) is 3.62. The Balaban J connectivity index is 1.44. The van der Waals surface area contributed by atoms with Crippen molar-refractivity contribution in [3.8, 4) is 28.2 Å². The molecule has 6 aromatic carbocycles. The fourth-order valence-corrected chi connectivity index (χ4v) is 6.51. The van der Waals surface area contributed by atoms with Gasteiger partial charge < -0.3 is 8.98 Å². The Morgan fingerprint density at radius 1 is 0.476 bits per heavy atom. The van der Waals surface area contributed by atoms with Gasteiger partial charge in [0.1, 0.15) is 11.2 Å². The monoisotopic (exact) mass is 537 g/mol. The second-order valence-corrected chi connectivity index (χ2v) is 10.6. The molecule has 0 saturated carbocycles. The molecule has 4 heteroatoms. The predicted octanol–water partition coefficient (Wildman–Crippen LogP) is 9.96. The van der Waals surface area contributed by atoms with Crippen molar-refractivity contribution in [2.24, 2.45) is 0 Å². The highest BCUT2D eigenvalue weighted by atomic mass is 16.3. The van der Waals surface area contributed by atoms with Gasteiger partial charge in [0.25, 0.3) is 0 Å². The van der Waals surface area contributed by atoms with E-state index >= 15 is 0 Å². The number of nitrogens with zero attached hydrogens (tertiary/aromatic N) is 3. The topological polar surface area (TPSA) is 43.9 Å². The molecule has 0 radical (unpaired) electrons. The molecule has 3 aromatic heterocycles. The van der Waals surface area contributed by atoms with E-state index in [1.807, 2.05) is 12.1 Å². The number of aromatic nitrogens is 3. The second-order valence-electron chi connectivity index (χ2n) is 10.6. The van der Waals surface area contributed by atoms with Crippen molar-refractivity contribution in [2.45, 2.75) is 0 Å². The van der Waals surface area contributed by atoms with E-state index < -0.39 is 0 Å². The second kappa shape index (κ2) is 8.88. The van der Waals surface area contributed by atoms with Crippen molar-refractivity contribution in [1.82, 2.24) is 14.5 Å². The number of para-hydroxylation sites is 2. The van der Waals surface area contributed by atoms with Crippen LogP contribution in [0.3, 0.4) is 0 Å². The minimum absolute atomic E-state index is 0.656. The lowest BCUT2D eigenvalue weighted by Gasteiger charge is -2.11. The average molecular weight is 538 g/mol. The van der Waals surface area contributed by atoms with E-state index in [0.29, 0.717) is 5.82 Å². The van der Waals surface area contributed by atoms with E-state index in [2.05, 4.69) is 130 Å². The molecule has 42 heavy (non-hydrogen) atoms. The zero-order valence-electron chi connectivity index (χ0n) is 22.5. The Labute approximate surface area is 241 Å². The van der Waals surface area contributed by atoms with Crippen molar-refractivity contribution in [2.75, 3.05) is 0 Å². The molecule has 0 atom stereocenters. The van der Waals surface area contributed by atoms with Crippen LogP contribution in [0.15, 0.2) is 144 Å². The van der Waals surface area contributed by atoms with Crippen LogP contribution >= 0.6 is 0 Å². The summed E-state index contributed by atoms with van der Waals surface area (Å²) in [7, 11) is 0. The maximum Gasteiger partial charge on any atom is 0.162 e. The molecule has 0 spiro atoms. The third kappa shape index (κ3) is 3.23. The van der Waals surface area contributed by atoms with Gasteiger partial charge in [0, 0.05) is 50.4 Å². The fourth-order valence-electron chi connectivity index (χ4n) is 6.51. The molecular formula is C38H23N3O. The SMILES string of the molecule is c1ccc(-c2ccc(-n3c4ccccc4c4c5c6cccc(-c7ncccn7)c6oc5c5ccccc5c43)cc2)cc1. The summed E-state index contributed by atoms with van der Waals surface area (Å²) in [6.07, 6.45) is 3.54. The molecule has 0 aliphatic rings. The van der Waals surface area contributed by atoms with E-state index in [1.54, 1.807) is 12.4 Å². The molecular weight excluding hydrogens is 514 g/mol. The molecule has 0 amide bonds. The smallest absolute Gasteiger partial charge is 0.162 e. The van der Waals surface area contributed by atoms with Gasteiger partial charge in [-0.05, 0) is 41.5 Å². The molecule has 0 fully saturated rings. The van der Waals surface area contributed by atoms with E-state index in [4.69, 9.17) is 4.42 Å². The van der Waals surface area contributed by atoms with E-state index in [1.165, 1.54) is 27.4 Å². The molecule has 0 N–H and O–H groups in total. The minimum atomic E-state index is 0.656. The first-order valence-electron chi connectivity index (χ1n) is 14.1. The van der Waals surface area contributed by atoms with Gasteiger partial charge >= 0.3 is 0 Å². The van der Waals surface area contributed by atoms with E-state index in [9.17, 15) is 0 Å². The standard InChI is InChI=1S/C38H23N3O/c1-2-10-24(11-3-1)25-18-20-26(21-19-25)41-32-17-7-6-14-29(32)33-34-30-15-8-16-31(38-39-22-9-23-40-38)36(30)42-37(34)28-13-5-4-12-27(28)35(33)41/h1-23H. The van der Waals surface area contributed by atoms with Gasteiger partial charge in [-0.15, -0.1) is 0 Å². The van der Waals surface area contributed by atoms with Gasteiger partial charge in [0.15, 0.2) is 5.82 Å². The lowest BCUT2D eigenvalue weighted by Crippen LogP contribution is -1.94. The summed E-state index contributed by atoms with van der Waals surface area (Å²) in [6.45, 7) is 0. The number of benzene rings is 6. The number of hydrogen-bond donors (Lipinski definition) is 0. The summed E-state index contributed by atoms with van der Waals surface area (Å²) in [6, 6.07) is 44.8. The van der Waals surface area contributed by atoms with E-state index in [-0.39, 0.29) is 0 Å². The Morgan fingerprint density at radius 2 is 1.14 bits per heavy atom. The van der Waals surface area contributed by atoms with Crippen molar-refractivity contribution in [1.29, 1.82) is 0 Å². The zero-order valence-corrected chi connectivity index (χ0v) is 22.5. The maximum atomic E-state index is 6.80. The summed E-state index contributed by atoms with van der Waals surface area (Å²) >= 11 is 0. The van der Waals surface area contributed by atoms with Crippen LogP contribution in [0.4, 0.5) is 0 Å². The van der Waals surface area contributed by atoms with Crippen LogP contribution in [0, 0.1) is 0 Å². The Morgan fingerprint density at radius 3 is 1.95 bits per heavy atom. The van der Waals surface area contributed by atoms with Crippen LogP contribution in [0.25, 0.3) is 82.7 Å². The summed E-state index contributed by atoms with van der Waals surface area (Å²) < 4.78 is 9.21. The molecule has 4 nitrogen and oxygen atoms in total. The first kappa shape index (κ1) is 23.0. The quantitative estimate of drug-likeness (QED) is 0.225. The first-order chi connectivity index (χ1) is 20.9. The lowest BCUT2D eigenvalue weighted by atomic mass is 9.99. The molecule has 0 saturated heterocycles. The molecule has 0 aliphatic carbocycles. The molecule has 0 unspecified atom stereocenters. The summed E-state index contributed by atoms with van der Waals surface area (Å²) in [5, 5.41) is 6.80. The Bertz CT molecular complexity index is 2440. The molecule has 9 aromatic rings. The number of rotatable bonds is 3. The molecule has 196 valence electrons. The van der Waals surface area contributed by atoms with Gasteiger partial charge in [-0.3, -0.25) is 0 Å². The van der Waals surface area contributed by atoms with Gasteiger partial charge in [-0.2, -0.15) is 0 Å². The number of fused-ring (bicyclic) bond motifs is 10. The third-order valence-electron chi connectivity index (χ3n) is 8.31. The third-order valence-corrected chi connectivity index (χ3v) is 8.31. The predicted molar refractivity (Wildman–Crippen MR) is 172 cm³/mol. The zero-order chi connectivity index (χ0) is 27.6. The van der Waals surface area contributed by atoms with Crippen LogP contribution in [0.5, 0.6) is 0 Å². The van der Waals surface area contributed by atoms with Gasteiger partial charge in [-0.25, -0.2) is 9.97 Å². The summed E-state index contributed by atoms with van der Waals surface area (Å²) in [4.78, 5) is 9.08. The van der Waals surface area contributed by atoms with Gasteiger partial charge in [0.05, 0.1) is 16.6 Å². The number of hydrogen-bond acceptors (Lipinski definition) is 3. The van der Waals surface area contributed by atoms with Crippen molar-refractivity contribution in [3.05, 3.63) is 140 Å². The van der Waals surface area contributed by atoms with Crippen molar-refractivity contribution >= 4 is 54.5 Å². The summed E-state index contributed by atoms with van der Waals surface area (Å²) in [5.41, 5.74) is 8.45. The highest BCUT2D eigenvalue weighted by Crippen LogP contribution is 2.47. The Kier molecular flexibility index (Phi) is 4.87. The van der Waals surface area contributed by atoms with Crippen LogP contribution in [0.1, 0.15) is 0 Å². The van der Waals surface area contributed by atoms with Crippen molar-refractivity contribution in [3.63, 3.8) is 0 Å². The van der Waals surface area contributed by atoms with Gasteiger partial charge in [-0.1, -0.05) is 97.1 Å². The normalized spacial score (nSPS) is 11.8. The van der Waals surface area contributed by atoms with E-state index in [0.717, 1.165) is 49.5 Å². The van der Waals surface area contributed by atoms with Crippen LogP contribution in [0.2, 0.25) is 0 Å². The van der Waals surface area contributed by atoms with Crippen LogP contribution < -0.4 is 0 Å². The maximum absolute atomic E-state index is 6.80. The Hall–Kier alpha value is -5.74. The molecule has 0 aliphatic heterocycles. The fraction of sp³-hybridized carbons (Fsp3) is 0. The highest BCUT2D eigenvalue weighted by molar-refractivity contribution is 6.36. The first-order valence-corrected chi connectivity index (χ1v) is 14.1. The van der Waals surface area contributed by atoms with Crippen LogP contribution in [-0.2, 0) is 0 Å².